The van der Waals surface area contributed by atoms with E-state index in [2.05, 4.69) is 0 Å². The minimum absolute atomic E-state index is 0.0408. The summed E-state index contributed by atoms with van der Waals surface area (Å²) in [6.07, 6.45) is 4.28. The van der Waals surface area contributed by atoms with Crippen LogP contribution in [0.5, 0.6) is 0 Å². The number of hydrogen-bond acceptors (Lipinski definition) is 5. The van der Waals surface area contributed by atoms with Gasteiger partial charge in [0, 0.05) is 36.7 Å². The molecule has 2 aliphatic heterocycles. The third-order valence-corrected chi connectivity index (χ3v) is 8.55. The fourth-order valence-corrected chi connectivity index (χ4v) is 6.43. The second-order valence-corrected chi connectivity index (χ2v) is 10.9. The fourth-order valence-electron chi connectivity index (χ4n) is 4.11. The number of carbonyl (C=O) groups is 1. The predicted molar refractivity (Wildman–Crippen MR) is 117 cm³/mol. The van der Waals surface area contributed by atoms with E-state index in [0.29, 0.717) is 32.8 Å². The average Bonchev–Trinajstić information content (AvgIpc) is 3.48. The number of piperidine rings is 1. The molecule has 1 aromatic carbocycles. The number of carbonyl (C=O) groups excluding carboxylic acids is 1. The van der Waals surface area contributed by atoms with Crippen LogP contribution in [0.3, 0.4) is 0 Å². The number of rotatable bonds is 7. The van der Waals surface area contributed by atoms with Gasteiger partial charge in [0.2, 0.25) is 10.0 Å². The van der Waals surface area contributed by atoms with Crippen LogP contribution in [-0.4, -0.2) is 55.9 Å². The Morgan fingerprint density at radius 1 is 1.19 bits per heavy atom. The van der Waals surface area contributed by atoms with E-state index in [1.807, 2.05) is 17.5 Å². The van der Waals surface area contributed by atoms with E-state index in [-0.39, 0.29) is 17.6 Å². The van der Waals surface area contributed by atoms with Crippen LogP contribution in [0.4, 0.5) is 4.39 Å². The van der Waals surface area contributed by atoms with E-state index in [1.54, 1.807) is 16.2 Å². The summed E-state index contributed by atoms with van der Waals surface area (Å²) in [5.74, 6) is -1.15. The molecule has 0 bridgehead atoms. The maximum atomic E-state index is 14.6. The summed E-state index contributed by atoms with van der Waals surface area (Å²) >= 11 is 1.55. The molecule has 0 radical (unpaired) electrons. The molecular weight excluding hydrogens is 439 g/mol. The summed E-state index contributed by atoms with van der Waals surface area (Å²) in [5.41, 5.74) is 0.173. The summed E-state index contributed by atoms with van der Waals surface area (Å²) in [6.45, 7) is 2.26. The number of sulfonamides is 1. The Morgan fingerprint density at radius 2 is 2.00 bits per heavy atom. The molecule has 2 aliphatic rings. The molecule has 0 N–H and O–H groups in total. The molecule has 1 aromatic heterocycles. The maximum absolute atomic E-state index is 14.6. The van der Waals surface area contributed by atoms with Gasteiger partial charge in [-0.3, -0.25) is 4.79 Å². The molecule has 1 atom stereocenters. The minimum atomic E-state index is -3.98. The lowest BCUT2D eigenvalue weighted by molar-refractivity contribution is 0.0509. The van der Waals surface area contributed by atoms with Crippen LogP contribution in [0.1, 0.15) is 47.3 Å². The van der Waals surface area contributed by atoms with Crippen molar-refractivity contribution in [1.82, 2.24) is 9.21 Å². The van der Waals surface area contributed by atoms with Crippen LogP contribution in [0, 0.1) is 5.82 Å². The highest BCUT2D eigenvalue weighted by Crippen LogP contribution is 2.25. The van der Waals surface area contributed by atoms with Gasteiger partial charge in [0.05, 0.1) is 12.6 Å². The summed E-state index contributed by atoms with van der Waals surface area (Å²) in [5, 5.41) is 1.95. The highest BCUT2D eigenvalue weighted by Gasteiger charge is 2.31. The number of amides is 1. The lowest BCUT2D eigenvalue weighted by atomic mass is 10.1. The van der Waals surface area contributed by atoms with Gasteiger partial charge < -0.3 is 9.64 Å². The van der Waals surface area contributed by atoms with Gasteiger partial charge in [-0.15, -0.1) is 11.3 Å². The Bertz CT molecular complexity index is 999. The van der Waals surface area contributed by atoms with Gasteiger partial charge in [0.15, 0.2) is 0 Å². The van der Waals surface area contributed by atoms with Crippen LogP contribution in [-0.2, 0) is 21.3 Å². The van der Waals surface area contributed by atoms with E-state index in [1.165, 1.54) is 16.4 Å². The van der Waals surface area contributed by atoms with Gasteiger partial charge in [-0.1, -0.05) is 12.5 Å². The van der Waals surface area contributed by atoms with Crippen LogP contribution in [0.15, 0.2) is 40.6 Å². The van der Waals surface area contributed by atoms with Crippen molar-refractivity contribution >= 4 is 27.3 Å². The Hall–Kier alpha value is -1.81. The summed E-state index contributed by atoms with van der Waals surface area (Å²) in [6, 6.07) is 7.52. The highest BCUT2D eigenvalue weighted by molar-refractivity contribution is 7.89. The molecule has 3 heterocycles. The van der Waals surface area contributed by atoms with Crippen LogP contribution >= 0.6 is 11.3 Å². The first kappa shape index (κ1) is 22.4. The van der Waals surface area contributed by atoms with Gasteiger partial charge >= 0.3 is 0 Å². The van der Waals surface area contributed by atoms with E-state index in [4.69, 9.17) is 4.74 Å². The molecule has 2 saturated heterocycles. The van der Waals surface area contributed by atoms with Gasteiger partial charge in [-0.25, -0.2) is 12.8 Å². The molecule has 2 fully saturated rings. The zero-order chi connectivity index (χ0) is 21.8. The second-order valence-electron chi connectivity index (χ2n) is 8.01. The standard InChI is InChI=1S/C22H27FN2O4S2/c23-20-9-8-17(14-21(20)31(27,28)25-10-2-1-3-11-25)22(26)24(15-18-6-4-12-29-18)16-19-7-5-13-30-19/h5,7-9,13-14,18H,1-4,6,10-12,15-16H2. The Labute approximate surface area is 186 Å². The SMILES string of the molecule is O=C(c1ccc(F)c(S(=O)(=O)N2CCCCC2)c1)N(Cc1cccs1)CC1CCCO1. The molecular formula is C22H27FN2O4S2. The quantitative estimate of drug-likeness (QED) is 0.621. The second kappa shape index (κ2) is 9.77. The van der Waals surface area contributed by atoms with E-state index in [0.717, 1.165) is 43.0 Å². The number of halogens is 1. The van der Waals surface area contributed by atoms with E-state index >= 15 is 0 Å². The molecule has 9 heteroatoms. The lowest BCUT2D eigenvalue weighted by Gasteiger charge is -2.27. The Kier molecular flexibility index (Phi) is 7.05. The van der Waals surface area contributed by atoms with Crippen molar-refractivity contribution in [1.29, 1.82) is 0 Å². The van der Waals surface area contributed by atoms with Crippen molar-refractivity contribution in [3.8, 4) is 0 Å². The molecule has 0 spiro atoms. The third kappa shape index (κ3) is 5.16. The predicted octanol–water partition coefficient (Wildman–Crippen LogP) is 3.88. The molecule has 4 rings (SSSR count). The van der Waals surface area contributed by atoms with Crippen LogP contribution < -0.4 is 0 Å². The normalized spacial score (nSPS) is 20.1. The van der Waals surface area contributed by atoms with Crippen LogP contribution in [0.25, 0.3) is 0 Å². The lowest BCUT2D eigenvalue weighted by Crippen LogP contribution is -2.37. The van der Waals surface area contributed by atoms with Gasteiger partial charge in [0.1, 0.15) is 10.7 Å². The molecule has 0 saturated carbocycles. The number of thiophene rings is 1. The number of benzene rings is 1. The number of hydrogen-bond donors (Lipinski definition) is 0. The number of nitrogens with zero attached hydrogens (tertiary/aromatic N) is 2. The topological polar surface area (TPSA) is 66.9 Å². The van der Waals surface area contributed by atoms with Crippen molar-refractivity contribution in [2.75, 3.05) is 26.2 Å². The molecule has 168 valence electrons. The Morgan fingerprint density at radius 3 is 2.68 bits per heavy atom. The van der Waals surface area contributed by atoms with Gasteiger partial charge in [0.25, 0.3) is 5.91 Å². The summed E-state index contributed by atoms with van der Waals surface area (Å²) < 4.78 is 47.7. The largest absolute Gasteiger partial charge is 0.376 e. The van der Waals surface area contributed by atoms with E-state index < -0.39 is 20.7 Å². The summed E-state index contributed by atoms with van der Waals surface area (Å²) in [7, 11) is -3.98. The minimum Gasteiger partial charge on any atom is -0.376 e. The highest BCUT2D eigenvalue weighted by atomic mass is 32.2. The molecule has 1 amide bonds. The molecule has 31 heavy (non-hydrogen) atoms. The molecule has 6 nitrogen and oxygen atoms in total. The number of ether oxygens (including phenoxy) is 1. The first-order valence-electron chi connectivity index (χ1n) is 10.7. The smallest absolute Gasteiger partial charge is 0.254 e. The van der Waals surface area contributed by atoms with Crippen molar-refractivity contribution < 1.29 is 22.3 Å². The Balaban J connectivity index is 1.61. The first-order chi connectivity index (χ1) is 14.9. The maximum Gasteiger partial charge on any atom is 0.254 e. The first-order valence-corrected chi connectivity index (χ1v) is 13.0. The van der Waals surface area contributed by atoms with E-state index in [9.17, 15) is 17.6 Å². The zero-order valence-electron chi connectivity index (χ0n) is 17.3. The van der Waals surface area contributed by atoms with Crippen LogP contribution in [0.2, 0.25) is 0 Å². The summed E-state index contributed by atoms with van der Waals surface area (Å²) in [4.78, 5) is 15.6. The molecule has 1 unspecified atom stereocenters. The molecule has 0 aliphatic carbocycles. The van der Waals surface area contributed by atoms with Gasteiger partial charge in [-0.2, -0.15) is 4.31 Å². The fraction of sp³-hybridized carbons (Fsp3) is 0.500. The van der Waals surface area contributed by atoms with Crippen molar-refractivity contribution in [3.05, 3.63) is 52.0 Å². The van der Waals surface area contributed by atoms with Gasteiger partial charge in [-0.05, 0) is 55.3 Å². The monoisotopic (exact) mass is 466 g/mol. The van der Waals surface area contributed by atoms with Crippen molar-refractivity contribution in [3.63, 3.8) is 0 Å². The van der Waals surface area contributed by atoms with Crippen molar-refractivity contribution in [2.24, 2.45) is 0 Å². The third-order valence-electron chi connectivity index (χ3n) is 5.77. The zero-order valence-corrected chi connectivity index (χ0v) is 19.0. The average molecular weight is 467 g/mol. The van der Waals surface area contributed by atoms with Crippen molar-refractivity contribution in [2.45, 2.75) is 49.6 Å². The molecule has 2 aromatic rings.